The molecule has 0 aliphatic rings. The minimum absolute atomic E-state index is 0.180. The van der Waals surface area contributed by atoms with Gasteiger partial charge in [0.15, 0.2) is 0 Å². The summed E-state index contributed by atoms with van der Waals surface area (Å²) in [4.78, 5) is 0.316. The van der Waals surface area contributed by atoms with Gasteiger partial charge < -0.3 is 4.74 Å². The Balaban J connectivity index is 2.31. The van der Waals surface area contributed by atoms with E-state index >= 15 is 0 Å². The number of sulfonamides is 1. The molecule has 2 aromatic carbocycles. The van der Waals surface area contributed by atoms with Gasteiger partial charge in [0.25, 0.3) is 0 Å². The maximum Gasteiger partial charge on any atom is 0.240 e. The number of aryl methyl sites for hydroxylation is 2. The summed E-state index contributed by atoms with van der Waals surface area (Å²) < 4.78 is 34.0. The molecule has 0 aromatic heterocycles. The second kappa shape index (κ2) is 7.47. The van der Waals surface area contributed by atoms with Crippen LogP contribution >= 0.6 is 0 Å². The zero-order valence-corrected chi connectivity index (χ0v) is 15.5. The average Bonchev–Trinajstić information content (AvgIpc) is 2.59. The Morgan fingerprint density at radius 1 is 1.08 bits per heavy atom. The van der Waals surface area contributed by atoms with Crippen molar-refractivity contribution in [1.82, 2.24) is 4.72 Å². The van der Waals surface area contributed by atoms with Crippen molar-refractivity contribution in [3.05, 3.63) is 65.2 Å². The van der Waals surface area contributed by atoms with E-state index in [4.69, 9.17) is 4.74 Å². The van der Waals surface area contributed by atoms with E-state index in [0.29, 0.717) is 11.3 Å². The molecular formula is C19H25NO3S. The van der Waals surface area contributed by atoms with Crippen molar-refractivity contribution in [3.63, 3.8) is 0 Å². The molecule has 0 amide bonds. The lowest BCUT2D eigenvalue weighted by Crippen LogP contribution is -2.42. The van der Waals surface area contributed by atoms with Crippen LogP contribution in [-0.2, 0) is 20.4 Å². The highest BCUT2D eigenvalue weighted by Crippen LogP contribution is 2.29. The van der Waals surface area contributed by atoms with Gasteiger partial charge in [0.1, 0.15) is 5.60 Å². The molecule has 24 heavy (non-hydrogen) atoms. The van der Waals surface area contributed by atoms with E-state index in [-0.39, 0.29) is 6.54 Å². The molecule has 0 saturated heterocycles. The SMILES string of the molecule is CC[C@@](CNS(=O)(=O)c1cc(C)ccc1C)(OC)c1ccccc1. The summed E-state index contributed by atoms with van der Waals surface area (Å²) in [6.45, 7) is 5.85. The van der Waals surface area contributed by atoms with Crippen LogP contribution in [0.2, 0.25) is 0 Å². The highest BCUT2D eigenvalue weighted by Gasteiger charge is 2.32. The van der Waals surface area contributed by atoms with Crippen LogP contribution in [0.4, 0.5) is 0 Å². The van der Waals surface area contributed by atoms with E-state index in [1.165, 1.54) is 0 Å². The highest BCUT2D eigenvalue weighted by atomic mass is 32.2. The van der Waals surface area contributed by atoms with Crippen molar-refractivity contribution in [1.29, 1.82) is 0 Å². The molecule has 0 aliphatic heterocycles. The Kier molecular flexibility index (Phi) is 5.80. The standard InChI is InChI=1S/C19H25NO3S/c1-5-19(23-4,17-9-7-6-8-10-17)14-20-24(21,22)18-13-15(2)11-12-16(18)3/h6-13,20H,5,14H2,1-4H3/t19-/m0/s1. The number of methoxy groups -OCH3 is 1. The second-order valence-corrected chi connectivity index (χ2v) is 7.75. The fraction of sp³-hybridized carbons (Fsp3) is 0.368. The van der Waals surface area contributed by atoms with Crippen molar-refractivity contribution in [3.8, 4) is 0 Å². The number of nitrogens with one attached hydrogen (secondary N) is 1. The maximum absolute atomic E-state index is 12.7. The van der Waals surface area contributed by atoms with Crippen LogP contribution in [0.3, 0.4) is 0 Å². The van der Waals surface area contributed by atoms with Crippen LogP contribution in [0.15, 0.2) is 53.4 Å². The van der Waals surface area contributed by atoms with E-state index in [9.17, 15) is 8.42 Å². The molecule has 0 spiro atoms. The van der Waals surface area contributed by atoms with Crippen LogP contribution in [-0.4, -0.2) is 22.1 Å². The van der Waals surface area contributed by atoms with Gasteiger partial charge in [-0.15, -0.1) is 0 Å². The summed E-state index contributed by atoms with van der Waals surface area (Å²) in [6, 6.07) is 15.1. The van der Waals surface area contributed by atoms with Crippen LogP contribution in [0, 0.1) is 13.8 Å². The Morgan fingerprint density at radius 2 is 1.75 bits per heavy atom. The lowest BCUT2D eigenvalue weighted by Gasteiger charge is -2.32. The molecule has 2 rings (SSSR count). The maximum atomic E-state index is 12.7. The van der Waals surface area contributed by atoms with Gasteiger partial charge >= 0.3 is 0 Å². The average molecular weight is 347 g/mol. The van der Waals surface area contributed by atoms with Crippen LogP contribution < -0.4 is 4.72 Å². The molecule has 0 radical (unpaired) electrons. The topological polar surface area (TPSA) is 55.4 Å². The number of hydrogen-bond acceptors (Lipinski definition) is 3. The predicted octanol–water partition coefficient (Wildman–Crippen LogP) is 3.53. The van der Waals surface area contributed by atoms with Crippen molar-refractivity contribution in [2.24, 2.45) is 0 Å². The van der Waals surface area contributed by atoms with Crippen molar-refractivity contribution >= 4 is 10.0 Å². The van der Waals surface area contributed by atoms with Crippen molar-refractivity contribution in [2.45, 2.75) is 37.7 Å². The zero-order valence-electron chi connectivity index (χ0n) is 14.7. The van der Waals surface area contributed by atoms with Crippen LogP contribution in [0.25, 0.3) is 0 Å². The van der Waals surface area contributed by atoms with Gasteiger partial charge in [0.05, 0.1) is 4.90 Å². The van der Waals surface area contributed by atoms with Gasteiger partial charge in [-0.1, -0.05) is 49.4 Å². The fourth-order valence-corrected chi connectivity index (χ4v) is 4.21. The van der Waals surface area contributed by atoms with Crippen molar-refractivity contribution in [2.75, 3.05) is 13.7 Å². The molecule has 0 aliphatic carbocycles. The molecule has 2 aromatic rings. The summed E-state index contributed by atoms with van der Waals surface area (Å²) >= 11 is 0. The molecule has 1 atom stereocenters. The van der Waals surface area contributed by atoms with Gasteiger partial charge in [0, 0.05) is 13.7 Å². The minimum Gasteiger partial charge on any atom is -0.372 e. The van der Waals surface area contributed by atoms with E-state index in [0.717, 1.165) is 16.7 Å². The van der Waals surface area contributed by atoms with E-state index in [1.54, 1.807) is 20.1 Å². The van der Waals surface area contributed by atoms with E-state index in [1.807, 2.05) is 56.3 Å². The molecule has 0 bridgehead atoms. The Labute approximate surface area is 144 Å². The highest BCUT2D eigenvalue weighted by molar-refractivity contribution is 7.89. The third kappa shape index (κ3) is 3.86. The number of ether oxygens (including phenoxy) is 1. The molecular weight excluding hydrogens is 322 g/mol. The summed E-state index contributed by atoms with van der Waals surface area (Å²) in [5.74, 6) is 0. The quantitative estimate of drug-likeness (QED) is 0.833. The first-order chi connectivity index (χ1) is 11.3. The van der Waals surface area contributed by atoms with Gasteiger partial charge in [0.2, 0.25) is 10.0 Å². The number of rotatable bonds is 7. The Morgan fingerprint density at radius 3 is 2.33 bits per heavy atom. The Hall–Kier alpha value is -1.69. The normalized spacial score (nSPS) is 14.3. The number of benzene rings is 2. The molecule has 5 heteroatoms. The van der Waals surface area contributed by atoms with Gasteiger partial charge in [-0.2, -0.15) is 0 Å². The molecule has 0 saturated carbocycles. The van der Waals surface area contributed by atoms with E-state index in [2.05, 4.69) is 4.72 Å². The molecule has 0 fully saturated rings. The first-order valence-electron chi connectivity index (χ1n) is 8.02. The van der Waals surface area contributed by atoms with Crippen LogP contribution in [0.5, 0.6) is 0 Å². The van der Waals surface area contributed by atoms with E-state index < -0.39 is 15.6 Å². The number of hydrogen-bond donors (Lipinski definition) is 1. The minimum atomic E-state index is -3.60. The largest absolute Gasteiger partial charge is 0.372 e. The molecule has 4 nitrogen and oxygen atoms in total. The summed E-state index contributed by atoms with van der Waals surface area (Å²) in [6.07, 6.45) is 0.656. The van der Waals surface area contributed by atoms with Crippen molar-refractivity contribution < 1.29 is 13.2 Å². The third-order valence-electron chi connectivity index (χ3n) is 4.44. The first kappa shape index (κ1) is 18.6. The molecule has 0 unspecified atom stereocenters. The third-order valence-corrected chi connectivity index (χ3v) is 5.99. The predicted molar refractivity (Wildman–Crippen MR) is 96.5 cm³/mol. The summed E-state index contributed by atoms with van der Waals surface area (Å²) in [5, 5.41) is 0. The smallest absolute Gasteiger partial charge is 0.240 e. The second-order valence-electron chi connectivity index (χ2n) is 6.01. The molecule has 130 valence electrons. The molecule has 1 N–H and O–H groups in total. The van der Waals surface area contributed by atoms with Gasteiger partial charge in [-0.25, -0.2) is 13.1 Å². The first-order valence-corrected chi connectivity index (χ1v) is 9.50. The van der Waals surface area contributed by atoms with Gasteiger partial charge in [-0.05, 0) is 43.0 Å². The zero-order chi connectivity index (χ0) is 17.8. The van der Waals surface area contributed by atoms with Gasteiger partial charge in [-0.3, -0.25) is 0 Å². The lowest BCUT2D eigenvalue weighted by molar-refractivity contribution is -0.0133. The summed E-state index contributed by atoms with van der Waals surface area (Å²) in [5.41, 5.74) is 1.91. The van der Waals surface area contributed by atoms with Crippen LogP contribution in [0.1, 0.15) is 30.0 Å². The lowest BCUT2D eigenvalue weighted by atomic mass is 9.91. The monoisotopic (exact) mass is 347 g/mol. The molecule has 0 heterocycles. The fourth-order valence-electron chi connectivity index (χ4n) is 2.79. The Bertz CT molecular complexity index is 782. The summed E-state index contributed by atoms with van der Waals surface area (Å²) in [7, 11) is -1.99.